The van der Waals surface area contributed by atoms with E-state index in [1.807, 2.05) is 24.3 Å². The fraction of sp³-hybridized carbons (Fsp3) is 0.500. The number of hydrogen-bond acceptors (Lipinski definition) is 3. The number of anilines is 1. The first kappa shape index (κ1) is 12.4. The minimum atomic E-state index is -3.26. The van der Waals surface area contributed by atoms with E-state index >= 15 is 0 Å². The third kappa shape index (κ3) is 2.05. The van der Waals surface area contributed by atoms with E-state index in [1.54, 1.807) is 13.8 Å². The molecule has 1 aliphatic rings. The van der Waals surface area contributed by atoms with Gasteiger partial charge in [0.05, 0.1) is 10.9 Å². The van der Waals surface area contributed by atoms with Crippen LogP contribution in [0.15, 0.2) is 24.3 Å². The summed E-state index contributed by atoms with van der Waals surface area (Å²) in [5.74, 6) is 0. The molecule has 2 rings (SSSR count). The fourth-order valence-electron chi connectivity index (χ4n) is 2.08. The molecule has 1 aliphatic heterocycles. The van der Waals surface area contributed by atoms with Crippen molar-refractivity contribution in [2.45, 2.75) is 31.6 Å². The van der Waals surface area contributed by atoms with Gasteiger partial charge >= 0.3 is 0 Å². The average Bonchev–Trinajstić information content (AvgIpc) is 2.29. The van der Waals surface area contributed by atoms with Gasteiger partial charge in [-0.2, -0.15) is 0 Å². The molecule has 0 aromatic heterocycles. The zero-order chi connectivity index (χ0) is 12.6. The van der Waals surface area contributed by atoms with Crippen molar-refractivity contribution in [1.82, 2.24) is 0 Å². The number of hydrogen-bond donors (Lipinski definition) is 1. The van der Waals surface area contributed by atoms with E-state index in [0.29, 0.717) is 13.0 Å². The molecule has 1 unspecified atom stereocenters. The highest BCUT2D eigenvalue weighted by atomic mass is 32.2. The van der Waals surface area contributed by atoms with Crippen molar-refractivity contribution in [3.8, 4) is 0 Å². The van der Waals surface area contributed by atoms with Gasteiger partial charge in [0.15, 0.2) is 0 Å². The Kier molecular flexibility index (Phi) is 3.14. The van der Waals surface area contributed by atoms with Gasteiger partial charge in [-0.25, -0.2) is 8.42 Å². The van der Waals surface area contributed by atoms with Crippen molar-refractivity contribution in [2.24, 2.45) is 5.73 Å². The molecule has 94 valence electrons. The maximum absolute atomic E-state index is 12.2. The zero-order valence-corrected chi connectivity index (χ0v) is 10.9. The number of sulfonamides is 1. The summed E-state index contributed by atoms with van der Waals surface area (Å²) in [6, 6.07) is 7.41. The van der Waals surface area contributed by atoms with Gasteiger partial charge in [-0.3, -0.25) is 4.31 Å². The molecule has 1 aromatic carbocycles. The summed E-state index contributed by atoms with van der Waals surface area (Å²) in [6.45, 7) is 3.87. The molecule has 5 heteroatoms. The van der Waals surface area contributed by atoms with Crippen molar-refractivity contribution in [3.05, 3.63) is 29.8 Å². The molecule has 0 amide bonds. The largest absolute Gasteiger partial charge is 0.324 e. The molecule has 2 N–H and O–H groups in total. The maximum atomic E-state index is 12.2. The van der Waals surface area contributed by atoms with Crippen LogP contribution in [0.1, 0.15) is 31.9 Å². The van der Waals surface area contributed by atoms with Crippen LogP contribution in [0.3, 0.4) is 0 Å². The second-order valence-electron chi connectivity index (χ2n) is 4.62. The lowest BCUT2D eigenvalue weighted by Gasteiger charge is -2.34. The highest BCUT2D eigenvalue weighted by Gasteiger charge is 2.32. The van der Waals surface area contributed by atoms with E-state index in [0.717, 1.165) is 11.3 Å². The zero-order valence-electron chi connectivity index (χ0n) is 10.1. The molecule has 1 heterocycles. The molecule has 0 radical (unpaired) electrons. The Balaban J connectivity index is 2.51. The minimum Gasteiger partial charge on any atom is -0.324 e. The highest BCUT2D eigenvalue weighted by molar-refractivity contribution is 7.93. The van der Waals surface area contributed by atoms with E-state index in [2.05, 4.69) is 0 Å². The molecular weight excluding hydrogens is 236 g/mol. The van der Waals surface area contributed by atoms with Gasteiger partial charge in [0.2, 0.25) is 10.0 Å². The molecule has 0 fully saturated rings. The normalized spacial score (nSPS) is 20.5. The lowest BCUT2D eigenvalue weighted by molar-refractivity contribution is 0.567. The van der Waals surface area contributed by atoms with Crippen LogP contribution < -0.4 is 10.0 Å². The summed E-state index contributed by atoms with van der Waals surface area (Å²) in [7, 11) is -3.26. The standard InChI is InChI=1S/C12H18N2O2S/c1-9(2)17(15,16)14-8-7-11(13)10-5-3-4-6-12(10)14/h3-6,9,11H,7-8,13H2,1-2H3. The Hall–Kier alpha value is -1.07. The molecule has 17 heavy (non-hydrogen) atoms. The van der Waals surface area contributed by atoms with Gasteiger partial charge in [0, 0.05) is 12.6 Å². The van der Waals surface area contributed by atoms with E-state index in [1.165, 1.54) is 4.31 Å². The predicted octanol–water partition coefficient (Wildman–Crippen LogP) is 1.63. The number of nitrogens with two attached hydrogens (primary N) is 1. The number of rotatable bonds is 2. The molecule has 0 aliphatic carbocycles. The monoisotopic (exact) mass is 254 g/mol. The highest BCUT2D eigenvalue weighted by Crippen LogP contribution is 2.34. The molecular formula is C12H18N2O2S. The third-order valence-corrected chi connectivity index (χ3v) is 5.34. The van der Waals surface area contributed by atoms with E-state index < -0.39 is 15.3 Å². The second kappa shape index (κ2) is 4.31. The van der Waals surface area contributed by atoms with Gasteiger partial charge in [-0.1, -0.05) is 18.2 Å². The van der Waals surface area contributed by atoms with Crippen LogP contribution in [0.4, 0.5) is 5.69 Å². The van der Waals surface area contributed by atoms with Crippen LogP contribution >= 0.6 is 0 Å². The topological polar surface area (TPSA) is 63.4 Å². The molecule has 4 nitrogen and oxygen atoms in total. The summed E-state index contributed by atoms with van der Waals surface area (Å²) in [5.41, 5.74) is 7.66. The van der Waals surface area contributed by atoms with E-state index in [9.17, 15) is 8.42 Å². The minimum absolute atomic E-state index is 0.0650. The Morgan fingerprint density at radius 2 is 2.00 bits per heavy atom. The SMILES string of the molecule is CC(C)S(=O)(=O)N1CCC(N)c2ccccc21. The maximum Gasteiger partial charge on any atom is 0.237 e. The van der Waals surface area contributed by atoms with Crippen LogP contribution in [-0.2, 0) is 10.0 Å². The summed E-state index contributed by atoms with van der Waals surface area (Å²) in [5, 5.41) is -0.412. The molecule has 0 bridgehead atoms. The smallest absolute Gasteiger partial charge is 0.237 e. The lowest BCUT2D eigenvalue weighted by Crippen LogP contribution is -2.41. The summed E-state index contributed by atoms with van der Waals surface area (Å²) in [6.07, 6.45) is 0.670. The van der Waals surface area contributed by atoms with Crippen LogP contribution in [0, 0.1) is 0 Å². The Bertz CT molecular complexity index is 511. The first-order chi connectivity index (χ1) is 7.94. The molecule has 0 spiro atoms. The summed E-state index contributed by atoms with van der Waals surface area (Å²) < 4.78 is 26.0. The third-order valence-electron chi connectivity index (χ3n) is 3.15. The average molecular weight is 254 g/mol. The van der Waals surface area contributed by atoms with Crippen LogP contribution in [0.5, 0.6) is 0 Å². The predicted molar refractivity (Wildman–Crippen MR) is 69.4 cm³/mol. The Labute approximate surface area is 102 Å². The Morgan fingerprint density at radius 1 is 1.35 bits per heavy atom. The summed E-state index contributed by atoms with van der Waals surface area (Å²) >= 11 is 0. The first-order valence-electron chi connectivity index (χ1n) is 5.80. The van der Waals surface area contributed by atoms with Gasteiger partial charge in [0.1, 0.15) is 0 Å². The van der Waals surface area contributed by atoms with Crippen LogP contribution in [0.25, 0.3) is 0 Å². The fourth-order valence-corrected chi connectivity index (χ4v) is 3.39. The molecule has 0 saturated heterocycles. The second-order valence-corrected chi connectivity index (χ2v) is 7.03. The van der Waals surface area contributed by atoms with Crippen LogP contribution in [-0.4, -0.2) is 20.2 Å². The number of para-hydroxylation sites is 1. The number of fused-ring (bicyclic) bond motifs is 1. The summed E-state index contributed by atoms with van der Waals surface area (Å²) in [4.78, 5) is 0. The van der Waals surface area contributed by atoms with Crippen molar-refractivity contribution in [2.75, 3.05) is 10.8 Å². The van der Waals surface area contributed by atoms with Crippen molar-refractivity contribution in [1.29, 1.82) is 0 Å². The van der Waals surface area contributed by atoms with E-state index in [4.69, 9.17) is 5.73 Å². The number of nitrogens with zero attached hydrogens (tertiary/aromatic N) is 1. The van der Waals surface area contributed by atoms with Crippen molar-refractivity contribution >= 4 is 15.7 Å². The van der Waals surface area contributed by atoms with Crippen molar-refractivity contribution in [3.63, 3.8) is 0 Å². The quantitative estimate of drug-likeness (QED) is 0.872. The first-order valence-corrected chi connectivity index (χ1v) is 7.31. The molecule has 1 aromatic rings. The van der Waals surface area contributed by atoms with Gasteiger partial charge in [-0.15, -0.1) is 0 Å². The van der Waals surface area contributed by atoms with Gasteiger partial charge in [0.25, 0.3) is 0 Å². The van der Waals surface area contributed by atoms with E-state index in [-0.39, 0.29) is 6.04 Å². The molecule has 0 saturated carbocycles. The molecule has 1 atom stereocenters. The van der Waals surface area contributed by atoms with Gasteiger partial charge in [-0.05, 0) is 31.9 Å². The lowest BCUT2D eigenvalue weighted by atomic mass is 9.99. The van der Waals surface area contributed by atoms with Crippen molar-refractivity contribution < 1.29 is 8.42 Å². The van der Waals surface area contributed by atoms with Gasteiger partial charge < -0.3 is 5.73 Å². The number of benzene rings is 1. The van der Waals surface area contributed by atoms with Crippen LogP contribution in [0.2, 0.25) is 0 Å². The Morgan fingerprint density at radius 3 is 2.65 bits per heavy atom.